The first-order chi connectivity index (χ1) is 23.8. The van der Waals surface area contributed by atoms with E-state index in [9.17, 15) is 0 Å². The number of aromatic nitrogens is 1. The first-order valence-corrected chi connectivity index (χ1v) is 16.2. The fraction of sp³-hybridized carbons (Fsp3) is 0. The third kappa shape index (κ3) is 4.99. The van der Waals surface area contributed by atoms with Crippen LogP contribution in [0.25, 0.3) is 66.2 Å². The highest BCUT2D eigenvalue weighted by atomic mass is 16.3. The highest BCUT2D eigenvalue weighted by Gasteiger charge is 2.16. The third-order valence-corrected chi connectivity index (χ3v) is 9.14. The van der Waals surface area contributed by atoms with Crippen LogP contribution in [0, 0.1) is 0 Å². The molecule has 0 N–H and O–H groups in total. The van der Waals surface area contributed by atoms with Crippen molar-refractivity contribution >= 4 is 49.9 Å². The van der Waals surface area contributed by atoms with Gasteiger partial charge in [-0.1, -0.05) is 115 Å². The zero-order valence-electron chi connectivity index (χ0n) is 26.1. The molecule has 0 unspecified atom stereocenters. The van der Waals surface area contributed by atoms with E-state index in [1.54, 1.807) is 0 Å². The average molecular weight is 615 g/mol. The van der Waals surface area contributed by atoms with Gasteiger partial charge in [0.15, 0.2) is 5.58 Å². The largest absolute Gasteiger partial charge is 0.454 e. The summed E-state index contributed by atoms with van der Waals surface area (Å²) < 4.78 is 6.30. The van der Waals surface area contributed by atoms with Crippen molar-refractivity contribution in [2.45, 2.75) is 0 Å². The second-order valence-corrected chi connectivity index (χ2v) is 12.0. The maximum Gasteiger partial charge on any atom is 0.161 e. The van der Waals surface area contributed by atoms with Crippen LogP contribution >= 0.6 is 0 Å². The monoisotopic (exact) mass is 614 g/mol. The molecule has 0 spiro atoms. The van der Waals surface area contributed by atoms with E-state index < -0.39 is 0 Å². The van der Waals surface area contributed by atoms with Gasteiger partial charge in [-0.3, -0.25) is 4.98 Å². The van der Waals surface area contributed by atoms with Crippen LogP contribution < -0.4 is 4.90 Å². The molecule has 0 aliphatic heterocycles. The van der Waals surface area contributed by atoms with Gasteiger partial charge in [0.25, 0.3) is 0 Å². The lowest BCUT2D eigenvalue weighted by molar-refractivity contribution is 0.669. The topological polar surface area (TPSA) is 29.3 Å². The van der Waals surface area contributed by atoms with E-state index in [2.05, 4.69) is 162 Å². The van der Waals surface area contributed by atoms with Crippen molar-refractivity contribution in [3.8, 4) is 33.4 Å². The summed E-state index contributed by atoms with van der Waals surface area (Å²) in [6, 6.07) is 62.2. The number of pyridine rings is 1. The van der Waals surface area contributed by atoms with E-state index in [0.29, 0.717) is 0 Å². The molecule has 9 rings (SSSR count). The third-order valence-electron chi connectivity index (χ3n) is 9.14. The van der Waals surface area contributed by atoms with Gasteiger partial charge < -0.3 is 9.32 Å². The first kappa shape index (κ1) is 27.8. The molecular weight excluding hydrogens is 585 g/mol. The second kappa shape index (κ2) is 11.7. The summed E-state index contributed by atoms with van der Waals surface area (Å²) in [5.74, 6) is 0. The number of hydrogen-bond donors (Lipinski definition) is 0. The predicted molar refractivity (Wildman–Crippen MR) is 200 cm³/mol. The molecule has 0 saturated carbocycles. The van der Waals surface area contributed by atoms with Gasteiger partial charge in [-0.15, -0.1) is 0 Å². The minimum atomic E-state index is 0.809. The number of para-hydroxylation sites is 1. The molecule has 0 radical (unpaired) electrons. The van der Waals surface area contributed by atoms with Crippen molar-refractivity contribution in [2.24, 2.45) is 0 Å². The Morgan fingerprint density at radius 3 is 1.67 bits per heavy atom. The number of hydrogen-bond acceptors (Lipinski definition) is 3. The van der Waals surface area contributed by atoms with E-state index in [0.717, 1.165) is 50.3 Å². The van der Waals surface area contributed by atoms with Gasteiger partial charge in [0.05, 0.1) is 0 Å². The van der Waals surface area contributed by atoms with Gasteiger partial charge in [-0.05, 0) is 99.3 Å². The van der Waals surface area contributed by atoms with Crippen LogP contribution in [0.15, 0.2) is 187 Å². The molecule has 226 valence electrons. The van der Waals surface area contributed by atoms with E-state index in [-0.39, 0.29) is 0 Å². The molecule has 0 atom stereocenters. The SMILES string of the molecule is c1ccc(-c2ccc(N(c3ccc(-c4ccc5ccccc5c4)cc3)c3ccc(-c4ccnc5c4oc4ccccc45)cc3)cc2)cc1. The number of rotatable bonds is 6. The van der Waals surface area contributed by atoms with Crippen LogP contribution in [0.5, 0.6) is 0 Å². The molecule has 9 aromatic rings. The van der Waals surface area contributed by atoms with E-state index >= 15 is 0 Å². The van der Waals surface area contributed by atoms with Gasteiger partial charge in [0, 0.05) is 34.2 Å². The minimum Gasteiger partial charge on any atom is -0.454 e. The molecule has 0 amide bonds. The molecule has 0 bridgehead atoms. The summed E-state index contributed by atoms with van der Waals surface area (Å²) in [6.07, 6.45) is 1.87. The van der Waals surface area contributed by atoms with E-state index in [4.69, 9.17) is 4.42 Å². The Kier molecular flexibility index (Phi) is 6.80. The lowest BCUT2D eigenvalue weighted by Gasteiger charge is -2.26. The Morgan fingerprint density at radius 2 is 0.958 bits per heavy atom. The number of nitrogens with zero attached hydrogens (tertiary/aromatic N) is 2. The minimum absolute atomic E-state index is 0.809. The van der Waals surface area contributed by atoms with Gasteiger partial charge in [-0.2, -0.15) is 0 Å². The van der Waals surface area contributed by atoms with Crippen LogP contribution in [-0.2, 0) is 0 Å². The number of furan rings is 1. The quantitative estimate of drug-likeness (QED) is 0.187. The normalized spacial score (nSPS) is 11.3. The predicted octanol–water partition coefficient (Wildman–Crippen LogP) is 12.6. The number of anilines is 3. The van der Waals surface area contributed by atoms with Crippen molar-refractivity contribution in [1.82, 2.24) is 4.98 Å². The standard InChI is InChI=1S/C45H30N2O/c1-2-8-31(9-3-1)33-16-22-38(23-17-33)47(39-24-18-34(19-25-39)37-15-14-32-10-4-5-11-36(32)30-37)40-26-20-35(21-27-40)41-28-29-46-44-42-12-6-7-13-43(42)48-45(41)44/h1-30H. The maximum atomic E-state index is 6.30. The molecule has 3 heteroatoms. The van der Waals surface area contributed by atoms with Crippen LogP contribution in [0.2, 0.25) is 0 Å². The molecule has 0 saturated heterocycles. The molecule has 0 aliphatic rings. The Morgan fingerprint density at radius 1 is 0.417 bits per heavy atom. The van der Waals surface area contributed by atoms with Crippen LogP contribution in [0.3, 0.4) is 0 Å². The van der Waals surface area contributed by atoms with Crippen molar-refractivity contribution in [3.05, 3.63) is 182 Å². The molecule has 2 heterocycles. The van der Waals surface area contributed by atoms with Crippen molar-refractivity contribution in [1.29, 1.82) is 0 Å². The fourth-order valence-electron chi connectivity index (χ4n) is 6.67. The highest BCUT2D eigenvalue weighted by Crippen LogP contribution is 2.39. The molecule has 3 nitrogen and oxygen atoms in total. The van der Waals surface area contributed by atoms with Gasteiger partial charge >= 0.3 is 0 Å². The Hall–Kier alpha value is -6.45. The fourth-order valence-corrected chi connectivity index (χ4v) is 6.67. The first-order valence-electron chi connectivity index (χ1n) is 16.2. The Labute approximate surface area is 279 Å². The Balaban J connectivity index is 1.11. The van der Waals surface area contributed by atoms with Gasteiger partial charge in [0.2, 0.25) is 0 Å². The molecular formula is C45H30N2O. The van der Waals surface area contributed by atoms with Gasteiger partial charge in [-0.25, -0.2) is 0 Å². The van der Waals surface area contributed by atoms with E-state index in [1.165, 1.54) is 33.0 Å². The van der Waals surface area contributed by atoms with Crippen LogP contribution in [0.4, 0.5) is 17.1 Å². The van der Waals surface area contributed by atoms with Crippen LogP contribution in [0.1, 0.15) is 0 Å². The number of benzene rings is 7. The maximum absolute atomic E-state index is 6.30. The molecule has 2 aromatic heterocycles. The summed E-state index contributed by atoms with van der Waals surface area (Å²) in [7, 11) is 0. The molecule has 0 aliphatic carbocycles. The Bertz CT molecular complexity index is 2530. The second-order valence-electron chi connectivity index (χ2n) is 12.0. The lowest BCUT2D eigenvalue weighted by atomic mass is 10.0. The van der Waals surface area contributed by atoms with Crippen molar-refractivity contribution in [3.63, 3.8) is 0 Å². The zero-order chi connectivity index (χ0) is 31.9. The average Bonchev–Trinajstić information content (AvgIpc) is 3.55. The summed E-state index contributed by atoms with van der Waals surface area (Å²) in [6.45, 7) is 0. The number of fused-ring (bicyclic) bond motifs is 4. The summed E-state index contributed by atoms with van der Waals surface area (Å²) >= 11 is 0. The van der Waals surface area contributed by atoms with Crippen molar-refractivity contribution in [2.75, 3.05) is 4.90 Å². The van der Waals surface area contributed by atoms with Crippen LogP contribution in [-0.4, -0.2) is 4.98 Å². The zero-order valence-corrected chi connectivity index (χ0v) is 26.1. The van der Waals surface area contributed by atoms with Crippen molar-refractivity contribution < 1.29 is 4.42 Å². The molecule has 7 aromatic carbocycles. The lowest BCUT2D eigenvalue weighted by Crippen LogP contribution is -2.09. The molecule has 0 fully saturated rings. The highest BCUT2D eigenvalue weighted by molar-refractivity contribution is 6.07. The smallest absolute Gasteiger partial charge is 0.161 e. The summed E-state index contributed by atoms with van der Waals surface area (Å²) in [4.78, 5) is 6.96. The molecule has 48 heavy (non-hydrogen) atoms. The van der Waals surface area contributed by atoms with Gasteiger partial charge in [0.1, 0.15) is 11.1 Å². The summed E-state index contributed by atoms with van der Waals surface area (Å²) in [5.41, 5.74) is 12.7. The van der Waals surface area contributed by atoms with E-state index in [1.807, 2.05) is 30.5 Å². The summed E-state index contributed by atoms with van der Waals surface area (Å²) in [5, 5.41) is 3.52.